The lowest BCUT2D eigenvalue weighted by Gasteiger charge is -2.22. The van der Waals surface area contributed by atoms with Crippen molar-refractivity contribution in [2.75, 3.05) is 5.75 Å². The standard InChI is InChI=1S/C27H28N2O5S/c30-25(28-24(19-35)26(31)33-17-21-12-6-2-7-13-21)23(16-20-10-4-1-5-11-20)29-27(32)34-18-22-14-8-3-9-15-22/h1-15,23-24,35H,16-19H2,(H,28,30)(H,29,32)/t23-,24-/m0/s1. The number of ether oxygens (including phenoxy) is 2. The molecule has 2 amide bonds. The smallest absolute Gasteiger partial charge is 0.408 e. The number of alkyl carbamates (subject to hydrolysis) is 1. The van der Waals surface area contributed by atoms with Crippen LogP contribution in [-0.4, -0.2) is 35.8 Å². The van der Waals surface area contributed by atoms with Gasteiger partial charge in [0.25, 0.3) is 0 Å². The third-order valence-electron chi connectivity index (χ3n) is 5.11. The highest BCUT2D eigenvalue weighted by Crippen LogP contribution is 2.07. The van der Waals surface area contributed by atoms with Crippen LogP contribution in [0.15, 0.2) is 91.0 Å². The molecule has 8 heteroatoms. The minimum absolute atomic E-state index is 0.0376. The number of nitrogens with one attached hydrogen (secondary N) is 2. The Bertz CT molecular complexity index is 1080. The highest BCUT2D eigenvalue weighted by Gasteiger charge is 2.27. The summed E-state index contributed by atoms with van der Waals surface area (Å²) in [5.74, 6) is -1.11. The Balaban J connectivity index is 1.61. The molecule has 0 fully saturated rings. The van der Waals surface area contributed by atoms with Gasteiger partial charge in [0.05, 0.1) is 0 Å². The van der Waals surface area contributed by atoms with Crippen LogP contribution in [0.5, 0.6) is 0 Å². The first-order valence-electron chi connectivity index (χ1n) is 11.2. The van der Waals surface area contributed by atoms with Gasteiger partial charge in [0.1, 0.15) is 25.3 Å². The largest absolute Gasteiger partial charge is 0.459 e. The molecule has 0 radical (unpaired) electrons. The molecule has 0 aliphatic heterocycles. The van der Waals surface area contributed by atoms with Crippen molar-refractivity contribution in [2.24, 2.45) is 0 Å². The van der Waals surface area contributed by atoms with Gasteiger partial charge in [-0.1, -0.05) is 91.0 Å². The van der Waals surface area contributed by atoms with Crippen LogP contribution in [0, 0.1) is 0 Å². The van der Waals surface area contributed by atoms with Gasteiger partial charge < -0.3 is 20.1 Å². The SMILES string of the molecule is O=C(N[C@@H](Cc1ccccc1)C(=O)N[C@@H](CS)C(=O)OCc1ccccc1)OCc1ccccc1. The zero-order chi connectivity index (χ0) is 24.9. The van der Waals surface area contributed by atoms with E-state index in [4.69, 9.17) is 9.47 Å². The van der Waals surface area contributed by atoms with E-state index >= 15 is 0 Å². The molecular formula is C27H28N2O5S. The Hall–Kier alpha value is -3.78. The number of esters is 1. The maximum atomic E-state index is 13.1. The number of amides is 2. The summed E-state index contributed by atoms with van der Waals surface area (Å²) in [5.41, 5.74) is 2.49. The summed E-state index contributed by atoms with van der Waals surface area (Å²) in [6.07, 6.45) is -0.523. The number of rotatable bonds is 11. The van der Waals surface area contributed by atoms with Crippen LogP contribution < -0.4 is 10.6 Å². The van der Waals surface area contributed by atoms with Crippen molar-refractivity contribution in [2.45, 2.75) is 31.7 Å². The molecule has 0 unspecified atom stereocenters. The second kappa shape index (κ2) is 13.8. The molecule has 2 atom stereocenters. The highest BCUT2D eigenvalue weighted by atomic mass is 32.1. The summed E-state index contributed by atoms with van der Waals surface area (Å²) < 4.78 is 10.6. The molecule has 7 nitrogen and oxygen atoms in total. The average molecular weight is 493 g/mol. The Labute approximate surface area is 210 Å². The number of benzene rings is 3. The fraction of sp³-hybridized carbons (Fsp3) is 0.222. The Morgan fingerprint density at radius 3 is 1.66 bits per heavy atom. The van der Waals surface area contributed by atoms with E-state index in [0.717, 1.165) is 16.7 Å². The number of carbonyl (C=O) groups is 3. The molecule has 0 spiro atoms. The van der Waals surface area contributed by atoms with Gasteiger partial charge in [-0.15, -0.1) is 0 Å². The Kier molecular flexibility index (Phi) is 10.2. The third-order valence-corrected chi connectivity index (χ3v) is 5.48. The molecule has 35 heavy (non-hydrogen) atoms. The van der Waals surface area contributed by atoms with E-state index in [2.05, 4.69) is 23.3 Å². The lowest BCUT2D eigenvalue weighted by Crippen LogP contribution is -2.53. The molecule has 0 bridgehead atoms. The Morgan fingerprint density at radius 1 is 0.657 bits per heavy atom. The number of hydrogen-bond acceptors (Lipinski definition) is 6. The molecule has 0 saturated heterocycles. The van der Waals surface area contributed by atoms with E-state index in [1.54, 1.807) is 0 Å². The maximum Gasteiger partial charge on any atom is 0.408 e. The summed E-state index contributed by atoms with van der Waals surface area (Å²) >= 11 is 4.19. The molecule has 0 saturated carbocycles. The molecule has 0 aliphatic carbocycles. The van der Waals surface area contributed by atoms with Crippen molar-refractivity contribution >= 4 is 30.6 Å². The number of hydrogen-bond donors (Lipinski definition) is 3. The summed E-state index contributed by atoms with van der Waals surface area (Å²) in [6, 6.07) is 25.8. The molecule has 0 heterocycles. The molecule has 2 N–H and O–H groups in total. The summed E-state index contributed by atoms with van der Waals surface area (Å²) in [6.45, 7) is 0.148. The van der Waals surface area contributed by atoms with Crippen molar-refractivity contribution in [3.63, 3.8) is 0 Å². The van der Waals surface area contributed by atoms with Crippen molar-refractivity contribution < 1.29 is 23.9 Å². The van der Waals surface area contributed by atoms with Gasteiger partial charge in [0, 0.05) is 12.2 Å². The molecule has 3 rings (SSSR count). The maximum absolute atomic E-state index is 13.1. The number of carbonyl (C=O) groups excluding carboxylic acids is 3. The van der Waals surface area contributed by atoms with Gasteiger partial charge in [-0.3, -0.25) is 4.79 Å². The van der Waals surface area contributed by atoms with Crippen LogP contribution in [0.3, 0.4) is 0 Å². The van der Waals surface area contributed by atoms with Gasteiger partial charge >= 0.3 is 12.1 Å². The van der Waals surface area contributed by atoms with Crippen molar-refractivity contribution in [1.29, 1.82) is 0 Å². The second-order valence-corrected chi connectivity index (χ2v) is 8.15. The van der Waals surface area contributed by atoms with E-state index in [9.17, 15) is 14.4 Å². The minimum Gasteiger partial charge on any atom is -0.459 e. The molecule has 0 aliphatic rings. The lowest BCUT2D eigenvalue weighted by molar-refractivity contribution is -0.148. The summed E-state index contributed by atoms with van der Waals surface area (Å²) in [4.78, 5) is 38.1. The predicted molar refractivity (Wildman–Crippen MR) is 136 cm³/mol. The lowest BCUT2D eigenvalue weighted by atomic mass is 10.1. The van der Waals surface area contributed by atoms with Crippen molar-refractivity contribution in [1.82, 2.24) is 10.6 Å². The van der Waals surface area contributed by atoms with Gasteiger partial charge in [-0.25, -0.2) is 9.59 Å². The minimum atomic E-state index is -0.977. The zero-order valence-corrected chi connectivity index (χ0v) is 20.0. The van der Waals surface area contributed by atoms with E-state index in [1.165, 1.54) is 0 Å². The third kappa shape index (κ3) is 8.83. The molecule has 3 aromatic rings. The number of thiol groups is 1. The van der Waals surface area contributed by atoms with E-state index in [-0.39, 0.29) is 25.4 Å². The van der Waals surface area contributed by atoms with Crippen LogP contribution in [0.2, 0.25) is 0 Å². The zero-order valence-electron chi connectivity index (χ0n) is 19.1. The van der Waals surface area contributed by atoms with E-state index in [0.29, 0.717) is 0 Å². The molecule has 182 valence electrons. The fourth-order valence-corrected chi connectivity index (χ4v) is 3.49. The second-order valence-electron chi connectivity index (χ2n) is 7.79. The van der Waals surface area contributed by atoms with E-state index < -0.39 is 30.1 Å². The fourth-order valence-electron chi connectivity index (χ4n) is 3.25. The van der Waals surface area contributed by atoms with Gasteiger partial charge in [0.15, 0.2) is 0 Å². The molecule has 3 aromatic carbocycles. The first-order valence-corrected chi connectivity index (χ1v) is 11.8. The molecule has 0 aromatic heterocycles. The Morgan fingerprint density at radius 2 is 1.14 bits per heavy atom. The van der Waals surface area contributed by atoms with Gasteiger partial charge in [-0.05, 0) is 16.7 Å². The molecular weight excluding hydrogens is 464 g/mol. The topological polar surface area (TPSA) is 93.7 Å². The van der Waals surface area contributed by atoms with Crippen LogP contribution in [0.4, 0.5) is 4.79 Å². The van der Waals surface area contributed by atoms with Crippen molar-refractivity contribution in [3.05, 3.63) is 108 Å². The van der Waals surface area contributed by atoms with Gasteiger partial charge in [-0.2, -0.15) is 12.6 Å². The monoisotopic (exact) mass is 492 g/mol. The first kappa shape index (κ1) is 25.8. The van der Waals surface area contributed by atoms with Gasteiger partial charge in [0.2, 0.25) is 5.91 Å². The normalized spacial score (nSPS) is 12.1. The highest BCUT2D eigenvalue weighted by molar-refractivity contribution is 7.80. The van der Waals surface area contributed by atoms with Crippen LogP contribution in [-0.2, 0) is 38.7 Å². The summed E-state index contributed by atoms with van der Waals surface area (Å²) in [7, 11) is 0. The summed E-state index contributed by atoms with van der Waals surface area (Å²) in [5, 5.41) is 5.25. The predicted octanol–water partition coefficient (Wildman–Crippen LogP) is 3.68. The van der Waals surface area contributed by atoms with Crippen molar-refractivity contribution in [3.8, 4) is 0 Å². The first-order chi connectivity index (χ1) is 17.0. The van der Waals surface area contributed by atoms with Crippen LogP contribution in [0.25, 0.3) is 0 Å². The van der Waals surface area contributed by atoms with Crippen LogP contribution >= 0.6 is 12.6 Å². The van der Waals surface area contributed by atoms with Crippen LogP contribution in [0.1, 0.15) is 16.7 Å². The quantitative estimate of drug-likeness (QED) is 0.280. The average Bonchev–Trinajstić information content (AvgIpc) is 2.90. The van der Waals surface area contributed by atoms with E-state index in [1.807, 2.05) is 91.0 Å².